The molecule has 0 saturated heterocycles. The van der Waals surface area contributed by atoms with Crippen LogP contribution < -0.4 is 5.73 Å². The van der Waals surface area contributed by atoms with Crippen molar-refractivity contribution in [2.45, 2.75) is 6.92 Å². The second-order valence-electron chi connectivity index (χ2n) is 11.5. The van der Waals surface area contributed by atoms with Gasteiger partial charge in [0.05, 0.1) is 16.8 Å². The maximum absolute atomic E-state index is 12.0. The number of halogens is 2. The lowest BCUT2D eigenvalue weighted by Gasteiger charge is -2.07. The third-order valence-electron chi connectivity index (χ3n) is 8.48. The fourth-order valence-corrected chi connectivity index (χ4v) is 7.08. The molecule has 2 aliphatic carbocycles. The Bertz CT molecular complexity index is 2400. The first-order valence-corrected chi connectivity index (χ1v) is 17.0. The average molecular weight is 753 g/mol. The average Bonchev–Trinajstić information content (AvgIpc) is 3.59. The monoisotopic (exact) mass is 750 g/mol. The quantitative estimate of drug-likeness (QED) is 0.141. The number of pyridine rings is 1. The smallest absolute Gasteiger partial charge is 0.196 e. The Kier molecular flexibility index (Phi) is 8.61. The number of benzene rings is 6. The predicted octanol–water partition coefficient (Wildman–Crippen LogP) is 11.4. The van der Waals surface area contributed by atoms with Gasteiger partial charge in [-0.1, -0.05) is 129 Å². The van der Waals surface area contributed by atoms with E-state index in [-0.39, 0.29) is 11.6 Å². The Morgan fingerprint density at radius 3 is 1.81 bits per heavy atom. The summed E-state index contributed by atoms with van der Waals surface area (Å²) in [4.78, 5) is 27.7. The number of rotatable bonds is 2. The van der Waals surface area contributed by atoms with Crippen molar-refractivity contribution < 1.29 is 9.59 Å². The Hall–Kier alpha value is -5.17. The number of hydrogen-bond acceptors (Lipinski definition) is 4. The maximum Gasteiger partial charge on any atom is 0.196 e. The summed E-state index contributed by atoms with van der Waals surface area (Å²) in [5.41, 5.74) is 18.9. The number of nitrogens with zero attached hydrogens (tertiary/aromatic N) is 1. The number of fused-ring (bicyclic) bond motifs is 6. The molecule has 0 amide bonds. The first-order valence-electron chi connectivity index (χ1n) is 15.4. The summed E-state index contributed by atoms with van der Waals surface area (Å²) in [7, 11) is 0. The van der Waals surface area contributed by atoms with E-state index in [1.165, 1.54) is 27.6 Å². The van der Waals surface area contributed by atoms with Crippen molar-refractivity contribution in [3.05, 3.63) is 165 Å². The normalized spacial score (nSPS) is 11.4. The number of nitrogens with two attached hydrogens (primary N) is 1. The molecular weight excluding hydrogens is 724 g/mol. The molecular formula is C42H28Br2N2O2. The van der Waals surface area contributed by atoms with Crippen LogP contribution >= 0.6 is 31.9 Å². The van der Waals surface area contributed by atoms with Crippen molar-refractivity contribution in [2.75, 3.05) is 5.73 Å². The third kappa shape index (κ3) is 5.89. The van der Waals surface area contributed by atoms with Crippen molar-refractivity contribution in [1.82, 2.24) is 4.98 Å². The highest BCUT2D eigenvalue weighted by Gasteiger charge is 2.27. The summed E-state index contributed by atoms with van der Waals surface area (Å²) >= 11 is 6.83. The summed E-state index contributed by atoms with van der Waals surface area (Å²) in [6, 6.07) is 46.1. The largest absolute Gasteiger partial charge is 0.398 e. The second kappa shape index (κ2) is 13.1. The van der Waals surface area contributed by atoms with E-state index in [1.54, 1.807) is 19.1 Å². The fourth-order valence-electron chi connectivity index (χ4n) is 6.28. The van der Waals surface area contributed by atoms with Crippen molar-refractivity contribution in [1.29, 1.82) is 0 Å². The first kappa shape index (κ1) is 31.4. The molecule has 0 bridgehead atoms. The number of hydrogen-bond donors (Lipinski definition) is 1. The molecule has 0 unspecified atom stereocenters. The van der Waals surface area contributed by atoms with E-state index in [9.17, 15) is 9.59 Å². The van der Waals surface area contributed by atoms with E-state index in [1.807, 2.05) is 60.7 Å². The minimum atomic E-state index is 0.0405. The van der Waals surface area contributed by atoms with Crippen LogP contribution in [0, 0.1) is 0 Å². The summed E-state index contributed by atoms with van der Waals surface area (Å²) < 4.78 is 2.02. The van der Waals surface area contributed by atoms with Crippen LogP contribution in [0.25, 0.3) is 55.5 Å². The van der Waals surface area contributed by atoms with Crippen LogP contribution in [0.15, 0.2) is 148 Å². The van der Waals surface area contributed by atoms with Gasteiger partial charge in [0.15, 0.2) is 11.6 Å². The van der Waals surface area contributed by atoms with Crippen LogP contribution in [0.4, 0.5) is 5.69 Å². The summed E-state index contributed by atoms with van der Waals surface area (Å²) in [5.74, 6) is 0.139. The number of nitrogen functional groups attached to an aromatic ring is 1. The number of ketones is 2. The van der Waals surface area contributed by atoms with E-state index < -0.39 is 0 Å². The van der Waals surface area contributed by atoms with Gasteiger partial charge in [0, 0.05) is 36.7 Å². The molecule has 0 radical (unpaired) electrons. The predicted molar refractivity (Wildman–Crippen MR) is 203 cm³/mol. The summed E-state index contributed by atoms with van der Waals surface area (Å²) in [5, 5.41) is 1.27. The van der Waals surface area contributed by atoms with E-state index in [0.29, 0.717) is 11.3 Å². The van der Waals surface area contributed by atoms with E-state index in [4.69, 9.17) is 10.7 Å². The molecule has 2 N–H and O–H groups in total. The zero-order valence-electron chi connectivity index (χ0n) is 25.9. The van der Waals surface area contributed by atoms with Crippen LogP contribution in [-0.2, 0) is 0 Å². The lowest BCUT2D eigenvalue weighted by Crippen LogP contribution is -1.99. The molecule has 6 aromatic carbocycles. The van der Waals surface area contributed by atoms with Gasteiger partial charge in [-0.2, -0.15) is 0 Å². The van der Waals surface area contributed by atoms with Crippen LogP contribution in [-0.4, -0.2) is 16.6 Å². The fraction of sp³-hybridized carbons (Fsp3) is 0.0238. The Labute approximate surface area is 295 Å². The van der Waals surface area contributed by atoms with E-state index in [2.05, 4.69) is 98.6 Å². The topological polar surface area (TPSA) is 73.1 Å². The first-order chi connectivity index (χ1) is 23.3. The van der Waals surface area contributed by atoms with E-state index >= 15 is 0 Å². The zero-order valence-corrected chi connectivity index (χ0v) is 29.0. The number of anilines is 1. The molecule has 9 rings (SSSR count). The second-order valence-corrected chi connectivity index (χ2v) is 13.4. The maximum atomic E-state index is 12.0. The SMILES string of the molecule is Brc1cccc(-c2cc3c4c(cccc4n2)-c2ccccc2-3)c1.CC(=O)c1cccc(Br)c1.Nc1cccc2c1C(=O)c1ccccc1-2. The molecule has 7 aromatic rings. The van der Waals surface area contributed by atoms with Crippen LogP contribution in [0.1, 0.15) is 33.2 Å². The molecule has 48 heavy (non-hydrogen) atoms. The molecule has 0 spiro atoms. The van der Waals surface area contributed by atoms with Crippen molar-refractivity contribution >= 4 is 60.0 Å². The lowest BCUT2D eigenvalue weighted by molar-refractivity contribution is 0.101. The minimum absolute atomic E-state index is 0.0405. The molecule has 0 saturated carbocycles. The molecule has 6 heteroatoms. The number of aromatic nitrogens is 1. The number of carbonyl (C=O) groups is 2. The summed E-state index contributed by atoms with van der Waals surface area (Å²) in [6.45, 7) is 1.56. The minimum Gasteiger partial charge on any atom is -0.398 e. The molecule has 2 aliphatic rings. The van der Waals surface area contributed by atoms with Gasteiger partial charge < -0.3 is 5.73 Å². The zero-order chi connectivity index (χ0) is 33.4. The highest BCUT2D eigenvalue weighted by molar-refractivity contribution is 9.10. The molecule has 4 nitrogen and oxygen atoms in total. The van der Waals surface area contributed by atoms with Crippen LogP contribution in [0.5, 0.6) is 0 Å². The highest BCUT2D eigenvalue weighted by Crippen LogP contribution is 2.47. The molecule has 0 aliphatic heterocycles. The summed E-state index contributed by atoms with van der Waals surface area (Å²) in [6.07, 6.45) is 0. The number of carbonyl (C=O) groups excluding carboxylic acids is 2. The van der Waals surface area contributed by atoms with Gasteiger partial charge in [-0.15, -0.1) is 0 Å². The van der Waals surface area contributed by atoms with Gasteiger partial charge in [0.25, 0.3) is 0 Å². The molecule has 232 valence electrons. The highest BCUT2D eigenvalue weighted by atomic mass is 79.9. The molecule has 0 atom stereocenters. The Balaban J connectivity index is 0.000000125. The Morgan fingerprint density at radius 2 is 1.15 bits per heavy atom. The van der Waals surface area contributed by atoms with Crippen molar-refractivity contribution in [3.63, 3.8) is 0 Å². The Morgan fingerprint density at radius 1 is 0.583 bits per heavy atom. The number of Topliss-reactive ketones (excluding diaryl/α,β-unsaturated/α-hetero) is 1. The van der Waals surface area contributed by atoms with Crippen LogP contribution in [0.3, 0.4) is 0 Å². The van der Waals surface area contributed by atoms with E-state index in [0.717, 1.165) is 48.0 Å². The standard InChI is InChI=1S/C21H12BrN.C13H9NO.C8H7BrO/c22-14-6-3-5-13(11-14)20-12-18-16-8-2-1-7-15(16)17-9-4-10-19(23-20)21(17)18;14-11-7-3-6-9-8-4-1-2-5-10(8)13(15)12(9)11;1-6(10)7-3-2-4-8(9)5-7/h1-12H;1-7H,14H2;2-5H,1H3. The van der Waals surface area contributed by atoms with Crippen LogP contribution in [0.2, 0.25) is 0 Å². The van der Waals surface area contributed by atoms with Gasteiger partial charge in [0.2, 0.25) is 0 Å². The molecule has 1 aromatic heterocycles. The van der Waals surface area contributed by atoms with Crippen molar-refractivity contribution in [3.8, 4) is 44.6 Å². The van der Waals surface area contributed by atoms with Gasteiger partial charge >= 0.3 is 0 Å². The van der Waals surface area contributed by atoms with Gasteiger partial charge in [0.1, 0.15) is 0 Å². The third-order valence-corrected chi connectivity index (χ3v) is 9.46. The molecule has 1 heterocycles. The lowest BCUT2D eigenvalue weighted by atomic mass is 10.0. The molecule has 0 fully saturated rings. The van der Waals surface area contributed by atoms with Gasteiger partial charge in [-0.3, -0.25) is 9.59 Å². The van der Waals surface area contributed by atoms with Gasteiger partial charge in [-0.05, 0) is 82.8 Å². The van der Waals surface area contributed by atoms with Gasteiger partial charge in [-0.25, -0.2) is 4.98 Å². The van der Waals surface area contributed by atoms with Crippen molar-refractivity contribution in [2.24, 2.45) is 0 Å².